The summed E-state index contributed by atoms with van der Waals surface area (Å²) in [6.07, 6.45) is 0. The third-order valence-corrected chi connectivity index (χ3v) is 5.90. The Kier molecular flexibility index (Phi) is 6.74. The first kappa shape index (κ1) is 22.5. The number of hydrazone groups is 1. The molecule has 2 amide bonds. The molecule has 2 atom stereocenters. The van der Waals surface area contributed by atoms with E-state index >= 15 is 0 Å². The van der Waals surface area contributed by atoms with Crippen molar-refractivity contribution in [3.63, 3.8) is 0 Å². The van der Waals surface area contributed by atoms with Gasteiger partial charge in [0.2, 0.25) is 5.91 Å². The average Bonchev–Trinajstić information content (AvgIpc) is 2.71. The van der Waals surface area contributed by atoms with E-state index in [1.807, 2.05) is 27.7 Å². The Hall–Kier alpha value is -3.20. The molecule has 0 bridgehead atoms. The van der Waals surface area contributed by atoms with Crippen LogP contribution >= 0.6 is 0 Å². The zero-order valence-corrected chi connectivity index (χ0v) is 18.7. The normalized spacial score (nSPS) is 18.6. The Morgan fingerprint density at radius 2 is 1.84 bits per heavy atom. The Morgan fingerprint density at radius 1 is 1.16 bits per heavy atom. The Labute approximate surface area is 183 Å². The molecule has 0 aliphatic carbocycles. The van der Waals surface area contributed by atoms with Gasteiger partial charge >= 0.3 is 0 Å². The van der Waals surface area contributed by atoms with Crippen LogP contribution in [-0.4, -0.2) is 39.1 Å². The van der Waals surface area contributed by atoms with E-state index in [1.54, 1.807) is 48.5 Å². The Balaban J connectivity index is 1.99. The number of amides is 2. The molecule has 2 aromatic carbocycles. The lowest BCUT2D eigenvalue weighted by atomic mass is 10.1. The van der Waals surface area contributed by atoms with Crippen molar-refractivity contribution in [1.29, 1.82) is 0 Å². The molecule has 0 fully saturated rings. The molecule has 31 heavy (non-hydrogen) atoms. The van der Waals surface area contributed by atoms with Gasteiger partial charge in [-0.05, 0) is 52.0 Å². The van der Waals surface area contributed by atoms with E-state index in [2.05, 4.69) is 21.2 Å². The number of ether oxygens (including phenoxy) is 1. The summed E-state index contributed by atoms with van der Waals surface area (Å²) in [4.78, 5) is 26.5. The van der Waals surface area contributed by atoms with Crippen molar-refractivity contribution in [2.75, 3.05) is 17.2 Å². The van der Waals surface area contributed by atoms with Gasteiger partial charge in [0.15, 0.2) is 11.0 Å². The number of hydrogen-bond acceptors (Lipinski definition) is 6. The molecule has 1 aliphatic rings. The summed E-state index contributed by atoms with van der Waals surface area (Å²) in [7, 11) is -1.80. The van der Waals surface area contributed by atoms with E-state index in [0.717, 1.165) is 0 Å². The van der Waals surface area contributed by atoms with Gasteiger partial charge in [-0.2, -0.15) is 5.10 Å². The van der Waals surface area contributed by atoms with Gasteiger partial charge < -0.3 is 20.8 Å². The first-order valence-electron chi connectivity index (χ1n) is 9.89. The summed E-state index contributed by atoms with van der Waals surface area (Å²) in [5, 5.41) is 8.42. The second-order valence-electron chi connectivity index (χ2n) is 7.91. The van der Waals surface area contributed by atoms with Crippen molar-refractivity contribution in [2.24, 2.45) is 5.10 Å². The second-order valence-corrected chi connectivity index (χ2v) is 9.41. The molecule has 164 valence electrons. The molecule has 1 heterocycles. The van der Waals surface area contributed by atoms with Crippen LogP contribution in [0.15, 0.2) is 58.5 Å². The molecule has 0 aromatic heterocycles. The molecule has 2 aromatic rings. The molecule has 0 unspecified atom stereocenters. The molecule has 3 N–H and O–H groups in total. The predicted octanol–water partition coefficient (Wildman–Crippen LogP) is 2.90. The first-order chi connectivity index (χ1) is 14.7. The van der Waals surface area contributed by atoms with Gasteiger partial charge in [0.25, 0.3) is 5.91 Å². The van der Waals surface area contributed by atoms with Crippen LogP contribution in [0.5, 0.6) is 5.75 Å². The van der Waals surface area contributed by atoms with E-state index < -0.39 is 33.4 Å². The first-order valence-corrected chi connectivity index (χ1v) is 11.1. The summed E-state index contributed by atoms with van der Waals surface area (Å²) >= 11 is 0. The zero-order chi connectivity index (χ0) is 22.6. The number of nitrogens with one attached hydrogen (secondary N) is 3. The van der Waals surface area contributed by atoms with E-state index in [-0.39, 0.29) is 5.71 Å². The minimum Gasteiger partial charge on any atom is -0.492 e. The van der Waals surface area contributed by atoms with Crippen molar-refractivity contribution in [2.45, 2.75) is 43.4 Å². The summed E-state index contributed by atoms with van der Waals surface area (Å²) in [5.41, 5.74) is 3.12. The molecule has 8 nitrogen and oxygen atoms in total. The fourth-order valence-electron chi connectivity index (χ4n) is 2.89. The number of fused-ring (bicyclic) bond motifs is 1. The van der Waals surface area contributed by atoms with Crippen molar-refractivity contribution in [3.05, 3.63) is 48.5 Å². The van der Waals surface area contributed by atoms with E-state index in [9.17, 15) is 13.8 Å². The summed E-state index contributed by atoms with van der Waals surface area (Å²) in [5.74, 6) is -0.711. The van der Waals surface area contributed by atoms with Gasteiger partial charge in [-0.15, -0.1) is 0 Å². The maximum absolute atomic E-state index is 13.3. The number of rotatable bonds is 6. The van der Waals surface area contributed by atoms with Gasteiger partial charge in [0.05, 0.1) is 33.7 Å². The lowest BCUT2D eigenvalue weighted by molar-refractivity contribution is -0.116. The van der Waals surface area contributed by atoms with Gasteiger partial charge in [-0.1, -0.05) is 24.3 Å². The van der Waals surface area contributed by atoms with Crippen LogP contribution in [0.1, 0.15) is 27.7 Å². The topological polar surface area (TPSA) is 109 Å². The van der Waals surface area contributed by atoms with Crippen molar-refractivity contribution < 1.29 is 18.5 Å². The minimum atomic E-state index is -1.80. The van der Waals surface area contributed by atoms with Gasteiger partial charge in [-0.3, -0.25) is 13.8 Å². The van der Waals surface area contributed by atoms with Gasteiger partial charge in [0, 0.05) is 5.54 Å². The Morgan fingerprint density at radius 3 is 2.55 bits per heavy atom. The van der Waals surface area contributed by atoms with E-state index in [1.165, 1.54) is 0 Å². The molecule has 1 aliphatic heterocycles. The smallest absolute Gasteiger partial charge is 0.273 e. The molecule has 0 saturated heterocycles. The maximum Gasteiger partial charge on any atom is 0.273 e. The number of nitrogens with zero attached hydrogens (tertiary/aromatic N) is 1. The predicted molar refractivity (Wildman–Crippen MR) is 122 cm³/mol. The summed E-state index contributed by atoms with van der Waals surface area (Å²) in [6.45, 7) is 7.85. The fourth-order valence-corrected chi connectivity index (χ4v) is 4.31. The molecule has 0 radical (unpaired) electrons. The fraction of sp³-hybridized carbons (Fsp3) is 0.318. The highest BCUT2D eigenvalue weighted by molar-refractivity contribution is 7.88. The van der Waals surface area contributed by atoms with Crippen LogP contribution in [0.25, 0.3) is 0 Å². The standard InChI is InChI=1S/C22H26N4O4S/c1-5-30-16-12-8-6-10-14(16)23-20(27)18(25-26-22(2,3)4)19-21(28)24-15-11-7-9-13-17(15)31(19)29/h6-13,19,26H,5H2,1-4H3,(H,23,27)(H,24,28)/b25-18+/t19-,31-/m0/s1. The van der Waals surface area contributed by atoms with Crippen molar-refractivity contribution in [1.82, 2.24) is 5.43 Å². The number of anilines is 2. The lowest BCUT2D eigenvalue weighted by Gasteiger charge is -2.26. The molecule has 0 saturated carbocycles. The third kappa shape index (κ3) is 5.29. The molecule has 9 heteroatoms. The van der Waals surface area contributed by atoms with E-state index in [0.29, 0.717) is 28.6 Å². The number of carbonyl (C=O) groups is 2. The molecular formula is C22H26N4O4S. The molecular weight excluding hydrogens is 416 g/mol. The average molecular weight is 443 g/mol. The zero-order valence-electron chi connectivity index (χ0n) is 17.9. The molecule has 3 rings (SSSR count). The monoisotopic (exact) mass is 442 g/mol. The molecule has 0 spiro atoms. The van der Waals surface area contributed by atoms with Crippen LogP contribution in [0.4, 0.5) is 11.4 Å². The largest absolute Gasteiger partial charge is 0.492 e. The van der Waals surface area contributed by atoms with Crippen LogP contribution in [0.2, 0.25) is 0 Å². The number of benzene rings is 2. The van der Waals surface area contributed by atoms with Crippen LogP contribution in [0, 0.1) is 0 Å². The van der Waals surface area contributed by atoms with E-state index in [4.69, 9.17) is 4.74 Å². The van der Waals surface area contributed by atoms with Gasteiger partial charge in [0.1, 0.15) is 5.75 Å². The number of hydrogen-bond donors (Lipinski definition) is 3. The minimum absolute atomic E-state index is 0.174. The quantitative estimate of drug-likeness (QED) is 0.471. The SMILES string of the molecule is CCOc1ccccc1NC(=O)/C(=N/NC(C)(C)C)[C@H]1C(=O)Nc2ccccc2[S@@]1=O. The van der Waals surface area contributed by atoms with Crippen molar-refractivity contribution in [3.8, 4) is 5.75 Å². The second kappa shape index (κ2) is 9.30. The van der Waals surface area contributed by atoms with Crippen molar-refractivity contribution >= 4 is 39.7 Å². The summed E-state index contributed by atoms with van der Waals surface area (Å²) < 4.78 is 18.8. The number of carbonyl (C=O) groups excluding carboxylic acids is 2. The highest BCUT2D eigenvalue weighted by Gasteiger charge is 2.40. The van der Waals surface area contributed by atoms with Gasteiger partial charge in [-0.25, -0.2) is 0 Å². The number of para-hydroxylation sites is 3. The van der Waals surface area contributed by atoms with Crippen LogP contribution in [0.3, 0.4) is 0 Å². The maximum atomic E-state index is 13.3. The third-order valence-electron chi connectivity index (χ3n) is 4.24. The van der Waals surface area contributed by atoms with Crippen LogP contribution < -0.4 is 20.8 Å². The highest BCUT2D eigenvalue weighted by Crippen LogP contribution is 2.29. The Bertz CT molecular complexity index is 1050. The lowest BCUT2D eigenvalue weighted by Crippen LogP contribution is -2.48. The summed E-state index contributed by atoms with van der Waals surface area (Å²) in [6, 6.07) is 13.8. The van der Waals surface area contributed by atoms with Crippen LogP contribution in [-0.2, 0) is 20.4 Å². The highest BCUT2D eigenvalue weighted by atomic mass is 32.2.